The van der Waals surface area contributed by atoms with Crippen LogP contribution in [0.3, 0.4) is 0 Å². The lowest BCUT2D eigenvalue weighted by Crippen LogP contribution is -2.40. The third-order valence-corrected chi connectivity index (χ3v) is 3.84. The Balaban J connectivity index is 2.03. The summed E-state index contributed by atoms with van der Waals surface area (Å²) in [4.78, 5) is 45.0. The maximum atomic E-state index is 12.0. The van der Waals surface area contributed by atoms with E-state index in [9.17, 15) is 24.5 Å². The van der Waals surface area contributed by atoms with Gasteiger partial charge in [-0.15, -0.1) is 11.3 Å². The molecule has 26 heavy (non-hydrogen) atoms. The monoisotopic (exact) mass is 374 g/mol. The summed E-state index contributed by atoms with van der Waals surface area (Å²) in [6.45, 7) is 1.25. The zero-order chi connectivity index (χ0) is 19.1. The van der Waals surface area contributed by atoms with Crippen molar-refractivity contribution < 1.29 is 19.3 Å². The molecule has 1 aromatic carbocycles. The molecule has 1 heterocycles. The number of nitro groups is 1. The smallest absolute Gasteiger partial charge is 0.272 e. The SMILES string of the molecule is CC(=O)NNC(=O)c1ccsc1NC(=O)C=Cc1cccc([N+](=O)[O-])c1. The molecule has 0 atom stereocenters. The molecule has 134 valence electrons. The van der Waals surface area contributed by atoms with Gasteiger partial charge in [0.2, 0.25) is 11.8 Å². The first-order valence-corrected chi connectivity index (χ1v) is 8.12. The normalized spacial score (nSPS) is 10.3. The fraction of sp³-hybridized carbons (Fsp3) is 0.0625. The van der Waals surface area contributed by atoms with Gasteiger partial charge in [0, 0.05) is 25.1 Å². The van der Waals surface area contributed by atoms with Crippen molar-refractivity contribution in [3.8, 4) is 0 Å². The number of carbonyl (C=O) groups is 3. The van der Waals surface area contributed by atoms with Crippen molar-refractivity contribution in [1.29, 1.82) is 0 Å². The highest BCUT2D eigenvalue weighted by atomic mass is 32.1. The van der Waals surface area contributed by atoms with E-state index in [1.165, 1.54) is 43.3 Å². The maximum absolute atomic E-state index is 12.0. The second-order valence-corrected chi connectivity index (χ2v) is 5.89. The van der Waals surface area contributed by atoms with Crippen molar-refractivity contribution in [2.45, 2.75) is 6.92 Å². The van der Waals surface area contributed by atoms with E-state index in [0.717, 1.165) is 11.3 Å². The Kier molecular flexibility index (Phi) is 6.17. The zero-order valence-corrected chi connectivity index (χ0v) is 14.3. The number of non-ortho nitro benzene ring substituents is 1. The highest BCUT2D eigenvalue weighted by Gasteiger charge is 2.14. The molecule has 0 bridgehead atoms. The average molecular weight is 374 g/mol. The van der Waals surface area contributed by atoms with Crippen molar-refractivity contribution in [2.24, 2.45) is 0 Å². The minimum atomic E-state index is -0.570. The van der Waals surface area contributed by atoms with Crippen LogP contribution in [0.5, 0.6) is 0 Å². The summed E-state index contributed by atoms with van der Waals surface area (Å²) in [5.74, 6) is -1.51. The Morgan fingerprint density at radius 2 is 1.96 bits per heavy atom. The first-order valence-electron chi connectivity index (χ1n) is 7.25. The fourth-order valence-corrected chi connectivity index (χ4v) is 2.65. The van der Waals surface area contributed by atoms with E-state index in [-0.39, 0.29) is 11.3 Å². The lowest BCUT2D eigenvalue weighted by Gasteiger charge is -2.06. The van der Waals surface area contributed by atoms with Crippen molar-refractivity contribution >= 4 is 45.8 Å². The van der Waals surface area contributed by atoms with E-state index in [4.69, 9.17) is 0 Å². The molecule has 0 aliphatic rings. The van der Waals surface area contributed by atoms with Crippen molar-refractivity contribution in [3.05, 3.63) is 63.0 Å². The Morgan fingerprint density at radius 3 is 2.65 bits per heavy atom. The van der Waals surface area contributed by atoms with Crippen LogP contribution in [0.4, 0.5) is 10.7 Å². The Morgan fingerprint density at radius 1 is 1.19 bits per heavy atom. The van der Waals surface area contributed by atoms with Gasteiger partial charge in [0.15, 0.2) is 0 Å². The van der Waals surface area contributed by atoms with Crippen LogP contribution in [0.1, 0.15) is 22.8 Å². The van der Waals surface area contributed by atoms with Gasteiger partial charge in [-0.1, -0.05) is 12.1 Å². The molecular formula is C16H14N4O5S. The summed E-state index contributed by atoms with van der Waals surface area (Å²) in [5, 5.41) is 15.2. The van der Waals surface area contributed by atoms with Crippen molar-refractivity contribution in [1.82, 2.24) is 10.9 Å². The van der Waals surface area contributed by atoms with E-state index < -0.39 is 22.6 Å². The summed E-state index contributed by atoms with van der Waals surface area (Å²) < 4.78 is 0. The first-order chi connectivity index (χ1) is 12.4. The molecule has 3 N–H and O–H groups in total. The molecule has 2 rings (SSSR count). The molecule has 0 fully saturated rings. The molecule has 10 heteroatoms. The van der Waals surface area contributed by atoms with Gasteiger partial charge in [0.1, 0.15) is 5.00 Å². The number of nitro benzene ring substituents is 1. The molecule has 3 amide bonds. The molecule has 2 aromatic rings. The number of thiophene rings is 1. The van der Waals surface area contributed by atoms with E-state index in [1.807, 2.05) is 0 Å². The summed E-state index contributed by atoms with van der Waals surface area (Å²) in [6.07, 6.45) is 2.63. The van der Waals surface area contributed by atoms with Gasteiger partial charge < -0.3 is 5.32 Å². The number of hydrazine groups is 1. The number of nitrogens with zero attached hydrogens (tertiary/aromatic N) is 1. The Bertz CT molecular complexity index is 890. The van der Waals surface area contributed by atoms with E-state index in [2.05, 4.69) is 16.2 Å². The lowest BCUT2D eigenvalue weighted by molar-refractivity contribution is -0.384. The number of carbonyl (C=O) groups excluding carboxylic acids is 3. The molecule has 9 nitrogen and oxygen atoms in total. The zero-order valence-electron chi connectivity index (χ0n) is 13.5. The van der Waals surface area contributed by atoms with Gasteiger partial charge in [0.25, 0.3) is 11.6 Å². The van der Waals surface area contributed by atoms with Crippen LogP contribution in [0.15, 0.2) is 41.8 Å². The third-order valence-electron chi connectivity index (χ3n) is 3.01. The molecule has 1 aromatic heterocycles. The topological polar surface area (TPSA) is 130 Å². The highest BCUT2D eigenvalue weighted by Crippen LogP contribution is 2.23. The summed E-state index contributed by atoms with van der Waals surface area (Å²) in [5.41, 5.74) is 4.97. The predicted molar refractivity (Wildman–Crippen MR) is 96.4 cm³/mol. The van der Waals surface area contributed by atoms with Crippen LogP contribution in [-0.4, -0.2) is 22.6 Å². The number of nitrogens with one attached hydrogen (secondary N) is 3. The van der Waals surface area contributed by atoms with Crippen molar-refractivity contribution in [3.63, 3.8) is 0 Å². The molecule has 0 aliphatic heterocycles. The van der Waals surface area contributed by atoms with Gasteiger partial charge in [0.05, 0.1) is 10.5 Å². The maximum Gasteiger partial charge on any atom is 0.272 e. The lowest BCUT2D eigenvalue weighted by atomic mass is 10.2. The fourth-order valence-electron chi connectivity index (χ4n) is 1.86. The number of anilines is 1. The molecular weight excluding hydrogens is 360 g/mol. The number of rotatable bonds is 5. The molecule has 0 unspecified atom stereocenters. The Labute approximate surface area is 151 Å². The number of hydrogen-bond donors (Lipinski definition) is 3. The minimum absolute atomic E-state index is 0.0808. The average Bonchev–Trinajstić information content (AvgIpc) is 3.06. The van der Waals surface area contributed by atoms with Crippen molar-refractivity contribution in [2.75, 3.05) is 5.32 Å². The van der Waals surface area contributed by atoms with Crippen LogP contribution >= 0.6 is 11.3 Å². The van der Waals surface area contributed by atoms with Gasteiger partial charge in [-0.05, 0) is 23.1 Å². The van der Waals surface area contributed by atoms with Gasteiger partial charge in [-0.3, -0.25) is 35.3 Å². The minimum Gasteiger partial charge on any atom is -0.313 e. The van der Waals surface area contributed by atoms with Crippen LogP contribution in [-0.2, 0) is 9.59 Å². The van der Waals surface area contributed by atoms with Gasteiger partial charge in [-0.25, -0.2) is 0 Å². The second kappa shape index (κ2) is 8.53. The van der Waals surface area contributed by atoms with Gasteiger partial charge >= 0.3 is 0 Å². The Hall–Kier alpha value is -3.53. The van der Waals surface area contributed by atoms with E-state index >= 15 is 0 Å². The third kappa shape index (κ3) is 5.24. The van der Waals surface area contributed by atoms with Crippen LogP contribution in [0.2, 0.25) is 0 Å². The molecule has 0 radical (unpaired) electrons. The van der Waals surface area contributed by atoms with Crippen LogP contribution in [0, 0.1) is 10.1 Å². The second-order valence-electron chi connectivity index (χ2n) is 4.97. The number of hydrogen-bond acceptors (Lipinski definition) is 6. The molecule has 0 aliphatic carbocycles. The van der Waals surface area contributed by atoms with E-state index in [0.29, 0.717) is 10.6 Å². The molecule has 0 spiro atoms. The number of amides is 3. The van der Waals surface area contributed by atoms with Crippen LogP contribution < -0.4 is 16.2 Å². The predicted octanol–water partition coefficient (Wildman–Crippen LogP) is 2.09. The van der Waals surface area contributed by atoms with E-state index in [1.54, 1.807) is 11.4 Å². The first kappa shape index (κ1) is 18.8. The summed E-state index contributed by atoms with van der Waals surface area (Å²) in [7, 11) is 0. The standard InChI is InChI=1S/C16H14N4O5S/c1-10(21)18-19-15(23)13-7-8-26-16(13)17-14(22)6-5-11-3-2-4-12(9-11)20(24)25/h2-9H,1H3,(H,17,22)(H,18,21)(H,19,23). The quantitative estimate of drug-likeness (QED) is 0.419. The molecule has 0 saturated carbocycles. The summed E-state index contributed by atoms with van der Waals surface area (Å²) >= 11 is 1.14. The van der Waals surface area contributed by atoms with Gasteiger partial charge in [-0.2, -0.15) is 0 Å². The molecule has 0 saturated heterocycles. The van der Waals surface area contributed by atoms with Crippen LogP contribution in [0.25, 0.3) is 6.08 Å². The highest BCUT2D eigenvalue weighted by molar-refractivity contribution is 7.14. The summed E-state index contributed by atoms with van der Waals surface area (Å²) in [6, 6.07) is 7.32. The number of benzene rings is 1. The largest absolute Gasteiger partial charge is 0.313 e.